The number of aliphatic hydroxyl groups excluding tert-OH is 1. The van der Waals surface area contributed by atoms with E-state index in [1.54, 1.807) is 0 Å². The van der Waals surface area contributed by atoms with Crippen LogP contribution in [-0.2, 0) is 0 Å². The molecule has 0 saturated carbocycles. The molecular formula is C13H21F2N3OS. The van der Waals surface area contributed by atoms with Crippen molar-refractivity contribution < 1.29 is 13.9 Å². The molecule has 1 aromatic rings. The van der Waals surface area contributed by atoms with Crippen LogP contribution in [0.15, 0.2) is 6.07 Å². The van der Waals surface area contributed by atoms with Crippen LogP contribution in [0.2, 0.25) is 0 Å². The molecule has 1 heterocycles. The Morgan fingerprint density at radius 2 is 2.00 bits per heavy atom. The van der Waals surface area contributed by atoms with Gasteiger partial charge in [0.1, 0.15) is 0 Å². The van der Waals surface area contributed by atoms with Crippen molar-refractivity contribution in [3.05, 3.63) is 17.7 Å². The first-order valence-electron chi connectivity index (χ1n) is 6.53. The molecule has 0 amide bonds. The van der Waals surface area contributed by atoms with E-state index in [1.807, 2.05) is 20.1 Å². The van der Waals surface area contributed by atoms with Gasteiger partial charge in [0.05, 0.1) is 6.61 Å². The van der Waals surface area contributed by atoms with Crippen molar-refractivity contribution in [2.45, 2.75) is 31.6 Å². The summed E-state index contributed by atoms with van der Waals surface area (Å²) in [6, 6.07) is 0.620. The molecule has 1 rings (SSSR count). The lowest BCUT2D eigenvalue weighted by Gasteiger charge is -2.22. The van der Waals surface area contributed by atoms with E-state index in [2.05, 4.69) is 15.6 Å². The summed E-state index contributed by atoms with van der Waals surface area (Å²) in [6.07, 6.45) is 2.68. The fourth-order valence-corrected chi connectivity index (χ4v) is 2.31. The molecular weight excluding hydrogens is 284 g/mol. The van der Waals surface area contributed by atoms with E-state index < -0.39 is 11.6 Å². The summed E-state index contributed by atoms with van der Waals surface area (Å²) >= 11 is 1.47. The maximum absolute atomic E-state index is 13.7. The molecule has 0 bridgehead atoms. The first-order chi connectivity index (χ1) is 9.53. The van der Waals surface area contributed by atoms with Crippen LogP contribution in [0.25, 0.3) is 0 Å². The van der Waals surface area contributed by atoms with Crippen molar-refractivity contribution in [1.29, 1.82) is 0 Å². The Balaban J connectivity index is 2.88. The molecule has 0 aromatic carbocycles. The summed E-state index contributed by atoms with van der Waals surface area (Å²) in [4.78, 5) is 3.94. The molecule has 4 nitrogen and oxygen atoms in total. The predicted octanol–water partition coefficient (Wildman–Crippen LogP) is 2.71. The van der Waals surface area contributed by atoms with Crippen molar-refractivity contribution in [1.82, 2.24) is 4.98 Å². The minimum absolute atomic E-state index is 0.00926. The summed E-state index contributed by atoms with van der Waals surface area (Å²) < 4.78 is 27.3. The maximum Gasteiger partial charge on any atom is 0.168 e. The lowest BCUT2D eigenvalue weighted by Crippen LogP contribution is -2.31. The molecule has 114 valence electrons. The van der Waals surface area contributed by atoms with Gasteiger partial charge in [-0.2, -0.15) is 11.8 Å². The second-order valence-electron chi connectivity index (χ2n) is 4.47. The average Bonchev–Trinajstić information content (AvgIpc) is 2.42. The number of hydrogen-bond donors (Lipinski definition) is 3. The number of hydrogen-bond acceptors (Lipinski definition) is 5. The van der Waals surface area contributed by atoms with E-state index >= 15 is 0 Å². The van der Waals surface area contributed by atoms with Crippen LogP contribution >= 0.6 is 11.8 Å². The van der Waals surface area contributed by atoms with Crippen molar-refractivity contribution in [2.24, 2.45) is 0 Å². The molecule has 1 aromatic heterocycles. The molecule has 0 saturated heterocycles. The maximum atomic E-state index is 13.7. The van der Waals surface area contributed by atoms with Gasteiger partial charge < -0.3 is 15.7 Å². The summed E-state index contributed by atoms with van der Waals surface area (Å²) in [5.74, 6) is -1.43. The van der Waals surface area contributed by atoms with Gasteiger partial charge in [-0.05, 0) is 19.6 Å². The number of thioether (sulfide) groups is 1. The Morgan fingerprint density at radius 3 is 2.55 bits per heavy atom. The normalized spacial score (nSPS) is 13.9. The van der Waals surface area contributed by atoms with Gasteiger partial charge in [0.25, 0.3) is 0 Å². The summed E-state index contributed by atoms with van der Waals surface area (Å²) in [5.41, 5.74) is 0. The van der Waals surface area contributed by atoms with Crippen LogP contribution in [0, 0.1) is 11.6 Å². The number of pyridine rings is 1. The standard InChI is InChI=1S/C13H21F2N3OS/c1-4-5-16-12-9(14)6-10(15)13(18-12)17-8(2)11(7-19)20-3/h6,8,11,19H,4-5,7H2,1-3H3,(H2,16,17,18). The molecule has 0 aliphatic heterocycles. The molecule has 0 spiro atoms. The smallest absolute Gasteiger partial charge is 0.168 e. The number of rotatable bonds is 8. The van der Waals surface area contributed by atoms with Gasteiger partial charge in [0.15, 0.2) is 23.3 Å². The average molecular weight is 305 g/mol. The second kappa shape index (κ2) is 8.26. The predicted molar refractivity (Wildman–Crippen MR) is 80.4 cm³/mol. The zero-order valence-corrected chi connectivity index (χ0v) is 12.7. The van der Waals surface area contributed by atoms with Crippen molar-refractivity contribution in [3.63, 3.8) is 0 Å². The number of aliphatic hydroxyl groups is 1. The molecule has 20 heavy (non-hydrogen) atoms. The van der Waals surface area contributed by atoms with Crippen LogP contribution in [0.1, 0.15) is 20.3 Å². The van der Waals surface area contributed by atoms with E-state index in [4.69, 9.17) is 0 Å². The zero-order valence-electron chi connectivity index (χ0n) is 11.9. The number of anilines is 2. The van der Waals surface area contributed by atoms with Crippen molar-refractivity contribution in [2.75, 3.05) is 30.0 Å². The Labute approximate surface area is 122 Å². The minimum atomic E-state index is -0.741. The van der Waals surface area contributed by atoms with Crippen LogP contribution < -0.4 is 10.6 Å². The van der Waals surface area contributed by atoms with E-state index in [-0.39, 0.29) is 29.5 Å². The van der Waals surface area contributed by atoms with Gasteiger partial charge in [-0.1, -0.05) is 6.92 Å². The third-order valence-electron chi connectivity index (χ3n) is 2.88. The van der Waals surface area contributed by atoms with E-state index in [9.17, 15) is 13.9 Å². The highest BCUT2D eigenvalue weighted by atomic mass is 32.2. The zero-order chi connectivity index (χ0) is 15.1. The van der Waals surface area contributed by atoms with Gasteiger partial charge in [-0.3, -0.25) is 0 Å². The van der Waals surface area contributed by atoms with Crippen LogP contribution in [0.3, 0.4) is 0 Å². The molecule has 2 unspecified atom stereocenters. The minimum Gasteiger partial charge on any atom is -0.395 e. The number of halogens is 2. The highest BCUT2D eigenvalue weighted by molar-refractivity contribution is 7.99. The van der Waals surface area contributed by atoms with Gasteiger partial charge in [-0.15, -0.1) is 0 Å². The summed E-state index contributed by atoms with van der Waals surface area (Å²) in [6.45, 7) is 4.30. The Kier molecular flexibility index (Phi) is 7.01. The topological polar surface area (TPSA) is 57.2 Å². The Morgan fingerprint density at radius 1 is 1.35 bits per heavy atom. The molecule has 7 heteroatoms. The van der Waals surface area contributed by atoms with Crippen LogP contribution in [0.5, 0.6) is 0 Å². The van der Waals surface area contributed by atoms with E-state index in [1.165, 1.54) is 11.8 Å². The SMILES string of the molecule is CCCNc1nc(NC(C)C(CO)SC)c(F)cc1F. The monoisotopic (exact) mass is 305 g/mol. The molecule has 3 N–H and O–H groups in total. The molecule has 2 atom stereocenters. The molecule has 0 radical (unpaired) electrons. The third-order valence-corrected chi connectivity index (χ3v) is 4.04. The second-order valence-corrected chi connectivity index (χ2v) is 5.54. The Hall–Kier alpha value is -1.08. The lowest BCUT2D eigenvalue weighted by molar-refractivity contribution is 0.288. The molecule has 0 fully saturated rings. The largest absolute Gasteiger partial charge is 0.395 e. The fraction of sp³-hybridized carbons (Fsp3) is 0.615. The summed E-state index contributed by atoms with van der Waals surface area (Å²) in [5, 5.41) is 14.8. The number of aromatic nitrogens is 1. The highest BCUT2D eigenvalue weighted by Crippen LogP contribution is 2.21. The fourth-order valence-electron chi connectivity index (χ4n) is 1.68. The number of nitrogens with one attached hydrogen (secondary N) is 2. The lowest BCUT2D eigenvalue weighted by atomic mass is 10.2. The van der Waals surface area contributed by atoms with Gasteiger partial charge in [-0.25, -0.2) is 13.8 Å². The Bertz CT molecular complexity index is 430. The van der Waals surface area contributed by atoms with Crippen LogP contribution in [0.4, 0.5) is 20.4 Å². The summed E-state index contributed by atoms with van der Waals surface area (Å²) in [7, 11) is 0. The number of nitrogens with zero attached hydrogens (tertiary/aromatic N) is 1. The first-order valence-corrected chi connectivity index (χ1v) is 7.82. The molecule has 0 aliphatic carbocycles. The van der Waals surface area contributed by atoms with E-state index in [0.717, 1.165) is 12.5 Å². The van der Waals surface area contributed by atoms with Gasteiger partial charge in [0.2, 0.25) is 0 Å². The quantitative estimate of drug-likeness (QED) is 0.689. The van der Waals surface area contributed by atoms with Crippen molar-refractivity contribution in [3.8, 4) is 0 Å². The molecule has 0 aliphatic rings. The van der Waals surface area contributed by atoms with Gasteiger partial charge in [0, 0.05) is 23.9 Å². The van der Waals surface area contributed by atoms with Crippen molar-refractivity contribution >= 4 is 23.4 Å². The van der Waals surface area contributed by atoms with Gasteiger partial charge >= 0.3 is 0 Å². The first kappa shape index (κ1) is 17.0. The highest BCUT2D eigenvalue weighted by Gasteiger charge is 2.18. The third kappa shape index (κ3) is 4.49. The van der Waals surface area contributed by atoms with Crippen LogP contribution in [-0.4, -0.2) is 40.8 Å². The van der Waals surface area contributed by atoms with E-state index in [0.29, 0.717) is 6.54 Å².